The van der Waals surface area contributed by atoms with Gasteiger partial charge in [-0.15, -0.1) is 0 Å². The van der Waals surface area contributed by atoms with Crippen LogP contribution in [0.5, 0.6) is 0 Å². The fraction of sp³-hybridized carbons (Fsp3) is 0.600. The maximum absolute atomic E-state index is 5.56. The molecule has 18 heavy (non-hydrogen) atoms. The zero-order valence-corrected chi connectivity index (χ0v) is 12.0. The predicted octanol–water partition coefficient (Wildman–Crippen LogP) is 3.08. The summed E-state index contributed by atoms with van der Waals surface area (Å²) in [5.41, 5.74) is 2.55. The molecule has 0 atom stereocenters. The zero-order chi connectivity index (χ0) is 13.4. The van der Waals surface area contributed by atoms with Crippen molar-refractivity contribution in [1.82, 2.24) is 0 Å². The minimum Gasteiger partial charge on any atom is -0.369 e. The average Bonchev–Trinajstić information content (AvgIpc) is 2.39. The van der Waals surface area contributed by atoms with E-state index in [-0.39, 0.29) is 6.29 Å². The lowest BCUT2D eigenvalue weighted by atomic mass is 10.1. The maximum atomic E-state index is 5.56. The Hall–Kier alpha value is -1.06. The molecule has 0 heterocycles. The van der Waals surface area contributed by atoms with E-state index in [1.54, 1.807) is 0 Å². The van der Waals surface area contributed by atoms with Gasteiger partial charge in [-0.05, 0) is 38.0 Å². The van der Waals surface area contributed by atoms with Crippen LogP contribution in [0.2, 0.25) is 0 Å². The summed E-state index contributed by atoms with van der Waals surface area (Å²) >= 11 is 0. The number of aryl methyl sites for hydroxylation is 1. The minimum absolute atomic E-state index is 0.157. The van der Waals surface area contributed by atoms with Crippen LogP contribution >= 0.6 is 0 Å². The molecule has 1 aromatic rings. The Morgan fingerprint density at radius 1 is 1.00 bits per heavy atom. The maximum Gasteiger partial charge on any atom is 0.174 e. The van der Waals surface area contributed by atoms with Gasteiger partial charge in [-0.2, -0.15) is 0 Å². The first-order valence-electron chi connectivity index (χ1n) is 6.74. The van der Waals surface area contributed by atoms with E-state index in [9.17, 15) is 0 Å². The molecule has 102 valence electrons. The van der Waals surface area contributed by atoms with Gasteiger partial charge < -0.3 is 14.4 Å². The highest BCUT2D eigenvalue weighted by Gasteiger charge is 2.11. The van der Waals surface area contributed by atoms with Crippen molar-refractivity contribution in [3.05, 3.63) is 29.8 Å². The lowest BCUT2D eigenvalue weighted by Crippen LogP contribution is -2.33. The van der Waals surface area contributed by atoms with Gasteiger partial charge in [0.25, 0.3) is 0 Å². The molecule has 0 saturated heterocycles. The molecule has 0 radical (unpaired) electrons. The molecule has 0 unspecified atom stereocenters. The molecule has 0 aliphatic rings. The molecule has 0 saturated carbocycles. The van der Waals surface area contributed by atoms with E-state index < -0.39 is 0 Å². The summed E-state index contributed by atoms with van der Waals surface area (Å²) in [6, 6.07) is 8.63. The topological polar surface area (TPSA) is 21.7 Å². The number of hydrogen-bond donors (Lipinski definition) is 0. The number of likely N-dealkylation sites (N-methyl/N-ethyl adjacent to an activating group) is 1. The van der Waals surface area contributed by atoms with E-state index >= 15 is 0 Å². The first-order valence-corrected chi connectivity index (χ1v) is 6.74. The van der Waals surface area contributed by atoms with Crippen LogP contribution in [0.25, 0.3) is 0 Å². The van der Waals surface area contributed by atoms with Crippen molar-refractivity contribution in [3.8, 4) is 0 Å². The van der Waals surface area contributed by atoms with Gasteiger partial charge in [-0.25, -0.2) is 0 Å². The first-order chi connectivity index (χ1) is 8.71. The molecule has 3 heteroatoms. The van der Waals surface area contributed by atoms with Gasteiger partial charge in [0.2, 0.25) is 0 Å². The number of benzene rings is 1. The highest BCUT2D eigenvalue weighted by Crippen LogP contribution is 2.15. The first kappa shape index (κ1) is 15.0. The second-order valence-electron chi connectivity index (χ2n) is 4.24. The number of rotatable bonds is 8. The Kier molecular flexibility index (Phi) is 6.76. The van der Waals surface area contributed by atoms with Crippen LogP contribution in [0.1, 0.15) is 26.3 Å². The van der Waals surface area contributed by atoms with Crippen LogP contribution in [0.15, 0.2) is 24.3 Å². The van der Waals surface area contributed by atoms with Crippen molar-refractivity contribution in [2.45, 2.75) is 33.5 Å². The summed E-state index contributed by atoms with van der Waals surface area (Å²) in [5.74, 6) is 0. The Morgan fingerprint density at radius 2 is 1.56 bits per heavy atom. The third-order valence-corrected chi connectivity index (χ3v) is 2.91. The second-order valence-corrected chi connectivity index (χ2v) is 4.24. The third kappa shape index (κ3) is 4.67. The highest BCUT2D eigenvalue weighted by molar-refractivity contribution is 5.46. The van der Waals surface area contributed by atoms with E-state index in [0.717, 1.165) is 13.0 Å². The Morgan fingerprint density at radius 3 is 2.00 bits per heavy atom. The monoisotopic (exact) mass is 251 g/mol. The van der Waals surface area contributed by atoms with E-state index in [2.05, 4.69) is 43.1 Å². The van der Waals surface area contributed by atoms with E-state index in [4.69, 9.17) is 9.47 Å². The number of anilines is 1. The van der Waals surface area contributed by atoms with Crippen LogP contribution in [0, 0.1) is 0 Å². The highest BCUT2D eigenvalue weighted by atomic mass is 16.7. The Bertz CT molecular complexity index is 318. The molecule has 0 bridgehead atoms. The smallest absolute Gasteiger partial charge is 0.174 e. The molecule has 1 aromatic carbocycles. The summed E-state index contributed by atoms with van der Waals surface area (Å²) in [6.07, 6.45) is 0.917. The number of hydrogen-bond acceptors (Lipinski definition) is 3. The van der Waals surface area contributed by atoms with Gasteiger partial charge in [0.1, 0.15) is 0 Å². The fourth-order valence-electron chi connectivity index (χ4n) is 1.84. The predicted molar refractivity (Wildman–Crippen MR) is 76.1 cm³/mol. The molecular formula is C15H25NO2. The minimum atomic E-state index is -0.157. The van der Waals surface area contributed by atoms with Gasteiger partial charge in [-0.1, -0.05) is 19.1 Å². The molecule has 0 aromatic heterocycles. The van der Waals surface area contributed by atoms with Gasteiger partial charge in [-0.3, -0.25) is 0 Å². The molecule has 0 N–H and O–H groups in total. The molecule has 0 spiro atoms. The summed E-state index contributed by atoms with van der Waals surface area (Å²) in [6.45, 7) is 8.23. The van der Waals surface area contributed by atoms with Crippen molar-refractivity contribution in [2.24, 2.45) is 0 Å². The molecular weight excluding hydrogens is 226 g/mol. The molecule has 1 rings (SSSR count). The van der Waals surface area contributed by atoms with Crippen LogP contribution in [0.3, 0.4) is 0 Å². The summed E-state index contributed by atoms with van der Waals surface area (Å²) < 4.78 is 11.1. The Labute approximate surface area is 111 Å². The van der Waals surface area contributed by atoms with Gasteiger partial charge >= 0.3 is 0 Å². The zero-order valence-electron chi connectivity index (χ0n) is 12.0. The van der Waals surface area contributed by atoms with Crippen molar-refractivity contribution >= 4 is 5.69 Å². The van der Waals surface area contributed by atoms with E-state index in [1.807, 2.05) is 13.8 Å². The van der Waals surface area contributed by atoms with Crippen molar-refractivity contribution in [1.29, 1.82) is 0 Å². The molecule has 0 fully saturated rings. The van der Waals surface area contributed by atoms with E-state index in [0.29, 0.717) is 13.2 Å². The molecule has 0 amide bonds. The molecule has 3 nitrogen and oxygen atoms in total. The quantitative estimate of drug-likeness (QED) is 0.663. The van der Waals surface area contributed by atoms with Gasteiger partial charge in [0.15, 0.2) is 6.29 Å². The van der Waals surface area contributed by atoms with Crippen LogP contribution in [-0.4, -0.2) is 33.1 Å². The van der Waals surface area contributed by atoms with Gasteiger partial charge in [0.05, 0.1) is 6.54 Å². The summed E-state index contributed by atoms with van der Waals surface area (Å²) in [4.78, 5) is 2.16. The van der Waals surface area contributed by atoms with Crippen molar-refractivity contribution in [3.63, 3.8) is 0 Å². The fourth-order valence-corrected chi connectivity index (χ4v) is 1.84. The van der Waals surface area contributed by atoms with Crippen molar-refractivity contribution < 1.29 is 9.47 Å². The largest absolute Gasteiger partial charge is 0.369 e. The normalized spacial score (nSPS) is 10.9. The summed E-state index contributed by atoms with van der Waals surface area (Å²) in [7, 11) is 2.06. The van der Waals surface area contributed by atoms with Gasteiger partial charge in [0, 0.05) is 25.9 Å². The average molecular weight is 251 g/mol. The van der Waals surface area contributed by atoms with Crippen LogP contribution < -0.4 is 4.90 Å². The lowest BCUT2D eigenvalue weighted by Gasteiger charge is -2.25. The SMILES string of the molecule is CCOC(CN(C)c1ccc(CC)cc1)OCC. The number of nitrogens with zero attached hydrogens (tertiary/aromatic N) is 1. The third-order valence-electron chi connectivity index (χ3n) is 2.91. The number of ether oxygens (including phenoxy) is 2. The standard InChI is InChI=1S/C15H25NO2/c1-5-13-8-10-14(11-9-13)16(4)12-15(17-6-2)18-7-3/h8-11,15H,5-7,12H2,1-4H3. The van der Waals surface area contributed by atoms with Crippen molar-refractivity contribution in [2.75, 3.05) is 31.7 Å². The van der Waals surface area contributed by atoms with Crippen LogP contribution in [-0.2, 0) is 15.9 Å². The summed E-state index contributed by atoms with van der Waals surface area (Å²) in [5, 5.41) is 0. The lowest BCUT2D eigenvalue weighted by molar-refractivity contribution is -0.129. The second kappa shape index (κ2) is 8.11. The van der Waals surface area contributed by atoms with Crippen LogP contribution in [0.4, 0.5) is 5.69 Å². The van der Waals surface area contributed by atoms with E-state index in [1.165, 1.54) is 11.3 Å². The molecule has 0 aliphatic heterocycles. The Balaban J connectivity index is 2.58. The molecule has 0 aliphatic carbocycles.